The van der Waals surface area contributed by atoms with Gasteiger partial charge >= 0.3 is 0 Å². The summed E-state index contributed by atoms with van der Waals surface area (Å²) in [5.74, 6) is 1.06. The van der Waals surface area contributed by atoms with Crippen molar-refractivity contribution in [3.8, 4) is 11.1 Å². The highest BCUT2D eigenvalue weighted by atomic mass is 79.9. The number of nitrogens with zero attached hydrogens (tertiary/aromatic N) is 1. The molecule has 1 aromatic carbocycles. The first kappa shape index (κ1) is 18.3. The van der Waals surface area contributed by atoms with Crippen LogP contribution in [0.4, 0.5) is 5.82 Å². The molecule has 1 saturated carbocycles. The van der Waals surface area contributed by atoms with Gasteiger partial charge in [0, 0.05) is 34.2 Å². The van der Waals surface area contributed by atoms with E-state index in [0.717, 1.165) is 54.5 Å². The molecule has 0 bridgehead atoms. The van der Waals surface area contributed by atoms with Crippen LogP contribution in [-0.4, -0.2) is 17.1 Å². The number of halogens is 1. The minimum Gasteiger partial charge on any atom is -0.367 e. The van der Waals surface area contributed by atoms with Gasteiger partial charge in [0.2, 0.25) is 0 Å². The molecule has 2 aliphatic carbocycles. The third kappa shape index (κ3) is 3.63. The number of rotatable bonds is 4. The monoisotopic (exact) mass is 453 g/mol. The SMILES string of the molecule is NC1CCC(Nc2nc(Cc3ccsc3)cc3c2-c2ccc(Br)cc2C3)CC1. The summed E-state index contributed by atoms with van der Waals surface area (Å²) in [4.78, 5) is 5.10. The predicted octanol–water partition coefficient (Wildman–Crippen LogP) is 5.75. The van der Waals surface area contributed by atoms with Gasteiger partial charge in [-0.2, -0.15) is 11.3 Å². The normalized spacial score (nSPS) is 20.6. The molecular formula is C23H24BrN3S. The van der Waals surface area contributed by atoms with Crippen LogP contribution in [0.2, 0.25) is 0 Å². The van der Waals surface area contributed by atoms with E-state index in [1.807, 2.05) is 0 Å². The molecule has 28 heavy (non-hydrogen) atoms. The lowest BCUT2D eigenvalue weighted by molar-refractivity contribution is 0.410. The second-order valence-corrected chi connectivity index (χ2v) is 9.73. The molecule has 5 heteroatoms. The topological polar surface area (TPSA) is 50.9 Å². The summed E-state index contributed by atoms with van der Waals surface area (Å²) in [5, 5.41) is 8.16. The summed E-state index contributed by atoms with van der Waals surface area (Å²) < 4.78 is 1.14. The van der Waals surface area contributed by atoms with Crippen LogP contribution in [0.1, 0.15) is 48.1 Å². The maximum atomic E-state index is 6.11. The Kier molecular flexibility index (Phi) is 4.99. The van der Waals surface area contributed by atoms with Gasteiger partial charge in [-0.05, 0) is 89.4 Å². The third-order valence-corrected chi connectivity index (χ3v) is 7.18. The van der Waals surface area contributed by atoms with E-state index in [9.17, 15) is 0 Å². The van der Waals surface area contributed by atoms with Crippen LogP contribution in [0.3, 0.4) is 0 Å². The molecule has 3 nitrogen and oxygen atoms in total. The van der Waals surface area contributed by atoms with Crippen molar-refractivity contribution in [2.75, 3.05) is 5.32 Å². The molecule has 0 spiro atoms. The van der Waals surface area contributed by atoms with Crippen molar-refractivity contribution in [3.63, 3.8) is 0 Å². The number of fused-ring (bicyclic) bond motifs is 3. The third-order valence-electron chi connectivity index (χ3n) is 5.95. The van der Waals surface area contributed by atoms with Crippen molar-refractivity contribution < 1.29 is 0 Å². The van der Waals surface area contributed by atoms with Crippen molar-refractivity contribution >= 4 is 33.1 Å². The first-order chi connectivity index (χ1) is 13.7. The molecule has 0 amide bonds. The Labute approximate surface area is 178 Å². The Morgan fingerprint density at radius 1 is 1.11 bits per heavy atom. The smallest absolute Gasteiger partial charge is 0.134 e. The van der Waals surface area contributed by atoms with Crippen molar-refractivity contribution in [3.05, 3.63) is 67.9 Å². The Morgan fingerprint density at radius 2 is 1.96 bits per heavy atom. The van der Waals surface area contributed by atoms with Crippen LogP contribution in [0.25, 0.3) is 11.1 Å². The lowest BCUT2D eigenvalue weighted by atomic mass is 9.91. The highest BCUT2D eigenvalue weighted by Crippen LogP contribution is 2.42. The second-order valence-electron chi connectivity index (χ2n) is 8.04. The molecular weight excluding hydrogens is 430 g/mol. The molecule has 0 saturated heterocycles. The molecule has 1 fully saturated rings. The average Bonchev–Trinajstić information content (AvgIpc) is 3.30. The van der Waals surface area contributed by atoms with E-state index in [2.05, 4.69) is 62.3 Å². The highest BCUT2D eigenvalue weighted by molar-refractivity contribution is 9.10. The van der Waals surface area contributed by atoms with Gasteiger partial charge in [0.25, 0.3) is 0 Å². The van der Waals surface area contributed by atoms with Crippen LogP contribution in [0.15, 0.2) is 45.6 Å². The number of nitrogens with two attached hydrogens (primary N) is 1. The van der Waals surface area contributed by atoms with Gasteiger partial charge in [0.05, 0.1) is 0 Å². The second kappa shape index (κ2) is 7.62. The number of thiophene rings is 1. The number of anilines is 1. The van der Waals surface area contributed by atoms with Gasteiger partial charge in [-0.1, -0.05) is 22.0 Å². The Bertz CT molecular complexity index is 991. The number of hydrogen-bond donors (Lipinski definition) is 2. The molecule has 2 aromatic heterocycles. The minimum absolute atomic E-state index is 0.361. The predicted molar refractivity (Wildman–Crippen MR) is 121 cm³/mol. The molecule has 144 valence electrons. The molecule has 2 aliphatic rings. The van der Waals surface area contributed by atoms with E-state index >= 15 is 0 Å². The summed E-state index contributed by atoms with van der Waals surface area (Å²) in [5.41, 5.74) is 14.0. The molecule has 0 radical (unpaired) electrons. The zero-order valence-electron chi connectivity index (χ0n) is 15.7. The Hall–Kier alpha value is -1.69. The number of benzene rings is 1. The molecule has 5 rings (SSSR count). The van der Waals surface area contributed by atoms with E-state index in [1.165, 1.54) is 27.8 Å². The van der Waals surface area contributed by atoms with Crippen LogP contribution < -0.4 is 11.1 Å². The van der Waals surface area contributed by atoms with Gasteiger partial charge in [-0.15, -0.1) is 0 Å². The van der Waals surface area contributed by atoms with Crippen molar-refractivity contribution in [1.82, 2.24) is 4.98 Å². The highest BCUT2D eigenvalue weighted by Gasteiger charge is 2.26. The van der Waals surface area contributed by atoms with Gasteiger partial charge in [-0.3, -0.25) is 0 Å². The fourth-order valence-electron chi connectivity index (χ4n) is 4.51. The first-order valence-corrected chi connectivity index (χ1v) is 11.7. The molecule has 0 aliphatic heterocycles. The average molecular weight is 454 g/mol. The first-order valence-electron chi connectivity index (χ1n) is 10.0. The number of aromatic nitrogens is 1. The molecule has 0 atom stereocenters. The Morgan fingerprint density at radius 3 is 2.75 bits per heavy atom. The maximum absolute atomic E-state index is 6.11. The van der Waals surface area contributed by atoms with Crippen LogP contribution in [0.5, 0.6) is 0 Å². The number of hydrogen-bond acceptors (Lipinski definition) is 4. The quantitative estimate of drug-likeness (QED) is 0.413. The van der Waals surface area contributed by atoms with Gasteiger partial charge < -0.3 is 11.1 Å². The summed E-state index contributed by atoms with van der Waals surface area (Å²) >= 11 is 5.37. The van der Waals surface area contributed by atoms with Crippen LogP contribution in [-0.2, 0) is 12.8 Å². The van der Waals surface area contributed by atoms with Gasteiger partial charge in [0.15, 0.2) is 0 Å². The van der Waals surface area contributed by atoms with Crippen molar-refractivity contribution in [1.29, 1.82) is 0 Å². The fourth-order valence-corrected chi connectivity index (χ4v) is 5.59. The van der Waals surface area contributed by atoms with Gasteiger partial charge in [-0.25, -0.2) is 4.98 Å². The van der Waals surface area contributed by atoms with Crippen LogP contribution in [0, 0.1) is 0 Å². The molecule has 3 aromatic rings. The van der Waals surface area contributed by atoms with E-state index in [-0.39, 0.29) is 0 Å². The minimum atomic E-state index is 0.361. The molecule has 3 N–H and O–H groups in total. The molecule has 2 heterocycles. The van der Waals surface area contributed by atoms with E-state index < -0.39 is 0 Å². The summed E-state index contributed by atoms with van der Waals surface area (Å²) in [6.07, 6.45) is 6.31. The van der Waals surface area contributed by atoms with E-state index in [1.54, 1.807) is 11.3 Å². The van der Waals surface area contributed by atoms with E-state index in [0.29, 0.717) is 12.1 Å². The largest absolute Gasteiger partial charge is 0.367 e. The van der Waals surface area contributed by atoms with E-state index in [4.69, 9.17) is 10.7 Å². The Balaban J connectivity index is 1.52. The summed E-state index contributed by atoms with van der Waals surface area (Å²) in [7, 11) is 0. The van der Waals surface area contributed by atoms with Crippen LogP contribution >= 0.6 is 27.3 Å². The summed E-state index contributed by atoms with van der Waals surface area (Å²) in [6.45, 7) is 0. The van der Waals surface area contributed by atoms with Gasteiger partial charge in [0.1, 0.15) is 5.82 Å². The number of nitrogens with one attached hydrogen (secondary N) is 1. The van der Waals surface area contributed by atoms with Crippen molar-refractivity contribution in [2.24, 2.45) is 5.73 Å². The summed E-state index contributed by atoms with van der Waals surface area (Å²) in [6, 6.07) is 11.9. The zero-order valence-corrected chi connectivity index (χ0v) is 18.2. The standard InChI is InChI=1S/C23H24BrN3S/c24-17-1-6-21-15(11-17)10-16-12-20(9-14-7-8-28-13-14)27-23(22(16)21)26-19-4-2-18(25)3-5-19/h1,6-8,11-13,18-19H,2-5,9-10,25H2,(H,26,27). The molecule has 0 unspecified atom stereocenters. The lowest BCUT2D eigenvalue weighted by Gasteiger charge is -2.28. The van der Waals surface area contributed by atoms with Crippen molar-refractivity contribution in [2.45, 2.75) is 50.6 Å². The lowest BCUT2D eigenvalue weighted by Crippen LogP contribution is -2.33. The number of pyridine rings is 1. The fraction of sp³-hybridized carbons (Fsp3) is 0.348. The zero-order chi connectivity index (χ0) is 19.1. The maximum Gasteiger partial charge on any atom is 0.134 e.